The van der Waals surface area contributed by atoms with Gasteiger partial charge in [-0.3, -0.25) is 0 Å². The average molecular weight is 417 g/mol. The van der Waals surface area contributed by atoms with Gasteiger partial charge in [0.05, 0.1) is 26.7 Å². The van der Waals surface area contributed by atoms with Crippen molar-refractivity contribution >= 4 is 0 Å². The van der Waals surface area contributed by atoms with E-state index in [-0.39, 0.29) is 0 Å². The molecule has 4 nitrogen and oxygen atoms in total. The minimum Gasteiger partial charge on any atom is -0.396 e. The monoisotopic (exact) mass is 416 g/mol. The van der Waals surface area contributed by atoms with Gasteiger partial charge in [0.15, 0.2) is 0 Å². The van der Waals surface area contributed by atoms with E-state index in [0.29, 0.717) is 19.8 Å². The average Bonchev–Trinajstić information content (AvgIpc) is 2.72. The smallest absolute Gasteiger partial charge is 0.0784 e. The van der Waals surface area contributed by atoms with E-state index in [0.717, 1.165) is 19.3 Å². The summed E-state index contributed by atoms with van der Waals surface area (Å²) in [7, 11) is 2.48. The fourth-order valence-electron chi connectivity index (χ4n) is 4.27. The predicted octanol–water partition coefficient (Wildman–Crippen LogP) is 5.43. The maximum Gasteiger partial charge on any atom is 0.0784 e. The molecule has 0 atom stereocenters. The molecule has 0 radical (unpaired) electrons. The van der Waals surface area contributed by atoms with Crippen LogP contribution < -0.4 is 0 Å². The van der Waals surface area contributed by atoms with Crippen LogP contribution in [0.1, 0.15) is 116 Å². The van der Waals surface area contributed by atoms with Crippen LogP contribution in [-0.4, -0.2) is 66.3 Å². The predicted molar refractivity (Wildman–Crippen MR) is 125 cm³/mol. The molecule has 0 aromatic heterocycles. The Morgan fingerprint density at radius 1 is 0.345 bits per heavy atom. The summed E-state index contributed by atoms with van der Waals surface area (Å²) in [5.74, 6) is 0. The van der Waals surface area contributed by atoms with Gasteiger partial charge in [0.2, 0.25) is 0 Å². The summed E-state index contributed by atoms with van der Waals surface area (Å²) in [4.78, 5) is 0. The first-order valence-electron chi connectivity index (χ1n) is 12.8. The molecule has 0 fully saturated rings. The van der Waals surface area contributed by atoms with Crippen LogP contribution in [0.5, 0.6) is 0 Å². The molecule has 0 aromatic carbocycles. The third-order valence-corrected chi connectivity index (χ3v) is 6.32. The first-order chi connectivity index (χ1) is 14.2. The summed E-state index contributed by atoms with van der Waals surface area (Å²) >= 11 is 0. The molecule has 0 rings (SSSR count). The molecule has 0 saturated carbocycles. The fourth-order valence-corrected chi connectivity index (χ4v) is 4.27. The van der Waals surface area contributed by atoms with Crippen molar-refractivity contribution in [2.75, 3.05) is 46.5 Å². The van der Waals surface area contributed by atoms with E-state index < -0.39 is 0 Å². The Morgan fingerprint density at radius 2 is 0.552 bits per heavy atom. The van der Waals surface area contributed by atoms with Crippen LogP contribution in [0.3, 0.4) is 0 Å². The van der Waals surface area contributed by atoms with Gasteiger partial charge in [-0.2, -0.15) is 0 Å². The molecule has 0 bridgehead atoms. The molecular formula is C25H54NO3+. The minimum absolute atomic E-state index is 0.342. The van der Waals surface area contributed by atoms with Crippen LogP contribution in [0, 0.1) is 0 Å². The van der Waals surface area contributed by atoms with E-state index in [1.54, 1.807) is 0 Å². The van der Waals surface area contributed by atoms with Gasteiger partial charge in [-0.1, -0.05) is 57.8 Å². The molecule has 4 heteroatoms. The lowest BCUT2D eigenvalue weighted by Gasteiger charge is -2.35. The molecule has 0 aliphatic rings. The minimum atomic E-state index is 0.342. The number of unbranched alkanes of at least 4 members (excludes halogenated alkanes) is 15. The lowest BCUT2D eigenvalue weighted by molar-refractivity contribution is -0.910. The van der Waals surface area contributed by atoms with Crippen LogP contribution in [0.15, 0.2) is 0 Å². The zero-order chi connectivity index (χ0) is 21.5. The normalized spacial score (nSPS) is 12.0. The number of hydrogen-bond donors (Lipinski definition) is 3. The Bertz CT molecular complexity index is 267. The van der Waals surface area contributed by atoms with E-state index in [1.165, 1.54) is 120 Å². The van der Waals surface area contributed by atoms with Crippen molar-refractivity contribution in [3.8, 4) is 0 Å². The number of aliphatic hydroxyl groups excluding tert-OH is 3. The molecule has 0 saturated heterocycles. The van der Waals surface area contributed by atoms with E-state index >= 15 is 0 Å². The Balaban J connectivity index is 4.03. The highest BCUT2D eigenvalue weighted by atomic mass is 16.3. The van der Waals surface area contributed by atoms with Crippen molar-refractivity contribution < 1.29 is 19.8 Å². The second-order valence-electron chi connectivity index (χ2n) is 9.33. The summed E-state index contributed by atoms with van der Waals surface area (Å²) in [6, 6.07) is 0. The largest absolute Gasteiger partial charge is 0.396 e. The van der Waals surface area contributed by atoms with Crippen molar-refractivity contribution in [3.05, 3.63) is 0 Å². The number of quaternary nitrogens is 1. The van der Waals surface area contributed by atoms with Crippen LogP contribution in [-0.2, 0) is 0 Å². The van der Waals surface area contributed by atoms with Crippen LogP contribution >= 0.6 is 0 Å². The number of aliphatic hydroxyl groups is 3. The van der Waals surface area contributed by atoms with Gasteiger partial charge < -0.3 is 19.8 Å². The van der Waals surface area contributed by atoms with Gasteiger partial charge in [-0.25, -0.2) is 0 Å². The quantitative estimate of drug-likeness (QED) is 0.145. The molecular weight excluding hydrogens is 362 g/mol. The first kappa shape index (κ1) is 28.8. The van der Waals surface area contributed by atoms with Crippen LogP contribution in [0.25, 0.3) is 0 Å². The fraction of sp³-hybridized carbons (Fsp3) is 1.00. The Morgan fingerprint density at radius 3 is 0.793 bits per heavy atom. The zero-order valence-electron chi connectivity index (χ0n) is 19.8. The van der Waals surface area contributed by atoms with E-state index in [2.05, 4.69) is 7.05 Å². The highest BCUT2D eigenvalue weighted by Crippen LogP contribution is 2.16. The SMILES string of the molecule is C[N+](CCCCCCCCO)(CCCCCCCCO)CCCCCCCCO. The second-order valence-corrected chi connectivity index (χ2v) is 9.33. The van der Waals surface area contributed by atoms with E-state index in [4.69, 9.17) is 15.3 Å². The first-order valence-corrected chi connectivity index (χ1v) is 12.8. The summed E-state index contributed by atoms with van der Waals surface area (Å²) < 4.78 is 1.24. The van der Waals surface area contributed by atoms with Gasteiger partial charge >= 0.3 is 0 Å². The summed E-state index contributed by atoms with van der Waals surface area (Å²) in [5.41, 5.74) is 0. The van der Waals surface area contributed by atoms with Gasteiger partial charge in [-0.15, -0.1) is 0 Å². The Hall–Kier alpha value is -0.160. The molecule has 0 aromatic rings. The van der Waals surface area contributed by atoms with E-state index in [1.807, 2.05) is 0 Å². The Labute approximate surface area is 182 Å². The van der Waals surface area contributed by atoms with Crippen molar-refractivity contribution in [2.45, 2.75) is 116 Å². The van der Waals surface area contributed by atoms with Gasteiger partial charge in [0.1, 0.15) is 0 Å². The standard InChI is InChI=1S/C25H54NO3/c1-26(20-14-8-2-5-11-17-23-27,21-15-9-3-6-12-18-24-28)22-16-10-4-7-13-19-25-29/h27-29H,2-25H2,1H3/q+1. The topological polar surface area (TPSA) is 60.7 Å². The zero-order valence-corrected chi connectivity index (χ0v) is 19.8. The lowest BCUT2D eigenvalue weighted by atomic mass is 10.1. The maximum absolute atomic E-state index is 8.88. The van der Waals surface area contributed by atoms with Crippen molar-refractivity contribution in [3.63, 3.8) is 0 Å². The number of hydrogen-bond acceptors (Lipinski definition) is 3. The van der Waals surface area contributed by atoms with Gasteiger partial charge in [0.25, 0.3) is 0 Å². The van der Waals surface area contributed by atoms with Gasteiger partial charge in [-0.05, 0) is 57.8 Å². The lowest BCUT2D eigenvalue weighted by Crippen LogP contribution is -2.46. The highest BCUT2D eigenvalue weighted by Gasteiger charge is 2.20. The van der Waals surface area contributed by atoms with Gasteiger partial charge in [0, 0.05) is 19.8 Å². The van der Waals surface area contributed by atoms with E-state index in [9.17, 15) is 0 Å². The maximum atomic E-state index is 8.88. The Kier molecular flexibility index (Phi) is 22.4. The molecule has 176 valence electrons. The number of nitrogens with zero attached hydrogens (tertiary/aromatic N) is 1. The number of rotatable bonds is 24. The molecule has 0 aliphatic carbocycles. The highest BCUT2D eigenvalue weighted by molar-refractivity contribution is 4.51. The van der Waals surface area contributed by atoms with Crippen molar-refractivity contribution in [1.29, 1.82) is 0 Å². The molecule has 0 amide bonds. The molecule has 0 heterocycles. The molecule has 3 N–H and O–H groups in total. The summed E-state index contributed by atoms with van der Waals surface area (Å²) in [6.45, 7) is 4.97. The summed E-state index contributed by atoms with van der Waals surface area (Å²) in [5, 5.41) is 26.6. The molecule has 0 aliphatic heterocycles. The molecule has 29 heavy (non-hydrogen) atoms. The van der Waals surface area contributed by atoms with Crippen LogP contribution in [0.4, 0.5) is 0 Å². The third-order valence-electron chi connectivity index (χ3n) is 6.32. The van der Waals surface area contributed by atoms with Crippen molar-refractivity contribution in [2.24, 2.45) is 0 Å². The van der Waals surface area contributed by atoms with Crippen LogP contribution in [0.2, 0.25) is 0 Å². The third kappa shape index (κ3) is 20.9. The summed E-state index contributed by atoms with van der Waals surface area (Å²) in [6.07, 6.45) is 22.2. The molecule has 0 spiro atoms. The second kappa shape index (κ2) is 22.5. The van der Waals surface area contributed by atoms with Crippen molar-refractivity contribution in [1.82, 2.24) is 0 Å². The molecule has 0 unspecified atom stereocenters.